The zero-order chi connectivity index (χ0) is 13.4. The van der Waals surface area contributed by atoms with Gasteiger partial charge in [-0.05, 0) is 19.1 Å². The van der Waals surface area contributed by atoms with Gasteiger partial charge in [0, 0.05) is 19.1 Å². The molecule has 0 heterocycles. The van der Waals surface area contributed by atoms with Crippen molar-refractivity contribution in [1.29, 1.82) is 0 Å². The van der Waals surface area contributed by atoms with Crippen molar-refractivity contribution in [2.75, 3.05) is 20.3 Å². The largest absolute Gasteiger partial charge is 0.497 e. The van der Waals surface area contributed by atoms with E-state index in [-0.39, 0.29) is 6.61 Å². The Labute approximate surface area is 106 Å². The van der Waals surface area contributed by atoms with Crippen LogP contribution in [0.15, 0.2) is 24.3 Å². The highest BCUT2D eigenvalue weighted by atomic mass is 16.5. The summed E-state index contributed by atoms with van der Waals surface area (Å²) in [4.78, 5) is 10.8. The minimum Gasteiger partial charge on any atom is -0.497 e. The molecular weight excluding hydrogens is 236 g/mol. The minimum atomic E-state index is -0.967. The Morgan fingerprint density at radius 1 is 1.39 bits per heavy atom. The Balaban J connectivity index is 2.42. The van der Waals surface area contributed by atoms with E-state index >= 15 is 0 Å². The predicted molar refractivity (Wildman–Crippen MR) is 66.2 cm³/mol. The maximum absolute atomic E-state index is 10.8. The lowest BCUT2D eigenvalue weighted by Crippen LogP contribution is -2.26. The summed E-state index contributed by atoms with van der Waals surface area (Å²) in [5.41, 5.74) is 0. The van der Waals surface area contributed by atoms with Crippen LogP contribution in [-0.2, 0) is 9.53 Å². The topological polar surface area (TPSA) is 65.0 Å². The summed E-state index contributed by atoms with van der Waals surface area (Å²) in [6, 6.07) is 7.16. The van der Waals surface area contributed by atoms with E-state index in [1.165, 1.54) is 0 Å². The monoisotopic (exact) mass is 254 g/mol. The first-order valence-corrected chi connectivity index (χ1v) is 5.78. The number of hydrogen-bond acceptors (Lipinski definition) is 4. The van der Waals surface area contributed by atoms with Crippen LogP contribution in [-0.4, -0.2) is 37.5 Å². The highest BCUT2D eigenvalue weighted by Gasteiger charge is 2.17. The first kappa shape index (κ1) is 14.3. The van der Waals surface area contributed by atoms with Crippen LogP contribution in [0.1, 0.15) is 13.3 Å². The molecule has 1 unspecified atom stereocenters. The molecule has 100 valence electrons. The maximum atomic E-state index is 10.8. The van der Waals surface area contributed by atoms with Gasteiger partial charge >= 0.3 is 5.97 Å². The van der Waals surface area contributed by atoms with Gasteiger partial charge in [-0.1, -0.05) is 6.07 Å². The molecule has 1 N–H and O–H groups in total. The second-order valence-corrected chi connectivity index (χ2v) is 3.60. The molecule has 18 heavy (non-hydrogen) atoms. The minimum absolute atomic E-state index is 0.282. The molecule has 5 nitrogen and oxygen atoms in total. The van der Waals surface area contributed by atoms with Gasteiger partial charge in [-0.2, -0.15) is 0 Å². The molecule has 0 amide bonds. The van der Waals surface area contributed by atoms with Gasteiger partial charge in [-0.15, -0.1) is 0 Å². The number of aliphatic carboxylic acids is 1. The molecule has 0 aliphatic carbocycles. The first-order valence-electron chi connectivity index (χ1n) is 5.78. The molecule has 0 saturated heterocycles. The molecule has 0 aliphatic heterocycles. The average molecular weight is 254 g/mol. The zero-order valence-corrected chi connectivity index (χ0v) is 10.6. The van der Waals surface area contributed by atoms with Gasteiger partial charge in [0.1, 0.15) is 11.5 Å². The molecule has 1 aromatic rings. The Kier molecular flexibility index (Phi) is 6.00. The third-order valence-electron chi connectivity index (χ3n) is 2.33. The summed E-state index contributed by atoms with van der Waals surface area (Å²) in [7, 11) is 1.58. The molecule has 0 fully saturated rings. The fourth-order valence-electron chi connectivity index (χ4n) is 1.45. The van der Waals surface area contributed by atoms with Crippen molar-refractivity contribution in [1.82, 2.24) is 0 Å². The number of carboxylic acid groups (broad SMARTS) is 1. The number of methoxy groups -OCH3 is 1. The fourth-order valence-corrected chi connectivity index (χ4v) is 1.45. The number of benzene rings is 1. The van der Waals surface area contributed by atoms with Crippen LogP contribution < -0.4 is 9.47 Å². The molecular formula is C13H18O5. The lowest BCUT2D eigenvalue weighted by atomic mass is 10.2. The zero-order valence-electron chi connectivity index (χ0n) is 10.6. The normalized spacial score (nSPS) is 11.9. The van der Waals surface area contributed by atoms with Gasteiger partial charge in [-0.3, -0.25) is 0 Å². The third kappa shape index (κ3) is 4.63. The van der Waals surface area contributed by atoms with Gasteiger partial charge in [0.05, 0.1) is 13.7 Å². The van der Waals surface area contributed by atoms with Crippen LogP contribution in [0.25, 0.3) is 0 Å². The highest BCUT2D eigenvalue weighted by molar-refractivity contribution is 5.72. The Morgan fingerprint density at radius 2 is 2.11 bits per heavy atom. The van der Waals surface area contributed by atoms with Crippen molar-refractivity contribution in [2.45, 2.75) is 19.4 Å². The Hall–Kier alpha value is -1.75. The van der Waals surface area contributed by atoms with E-state index in [0.717, 1.165) is 0 Å². The standard InChI is InChI=1S/C13H18O5/c1-3-17-12(13(14)15)7-8-18-11-6-4-5-10(9-11)16-2/h4-6,9,12H,3,7-8H2,1-2H3,(H,14,15). The van der Waals surface area contributed by atoms with E-state index in [4.69, 9.17) is 19.3 Å². The van der Waals surface area contributed by atoms with Crippen LogP contribution >= 0.6 is 0 Å². The van der Waals surface area contributed by atoms with Gasteiger partial charge in [0.2, 0.25) is 0 Å². The molecule has 0 bridgehead atoms. The first-order chi connectivity index (χ1) is 8.67. The highest BCUT2D eigenvalue weighted by Crippen LogP contribution is 2.19. The van der Waals surface area contributed by atoms with Crippen LogP contribution in [0.2, 0.25) is 0 Å². The molecule has 1 atom stereocenters. The maximum Gasteiger partial charge on any atom is 0.332 e. The van der Waals surface area contributed by atoms with Gasteiger partial charge < -0.3 is 19.3 Å². The number of carbonyl (C=O) groups is 1. The van der Waals surface area contributed by atoms with Gasteiger partial charge in [0.15, 0.2) is 6.10 Å². The second-order valence-electron chi connectivity index (χ2n) is 3.60. The SMILES string of the molecule is CCOC(CCOc1cccc(OC)c1)C(=O)O. The van der Waals surface area contributed by atoms with Crippen molar-refractivity contribution < 1.29 is 24.1 Å². The lowest BCUT2D eigenvalue weighted by molar-refractivity contribution is -0.150. The van der Waals surface area contributed by atoms with Crippen molar-refractivity contribution in [2.24, 2.45) is 0 Å². The second kappa shape index (κ2) is 7.55. The molecule has 0 radical (unpaired) electrons. The van der Waals surface area contributed by atoms with Crippen molar-refractivity contribution in [3.05, 3.63) is 24.3 Å². The van der Waals surface area contributed by atoms with Crippen LogP contribution in [0.4, 0.5) is 0 Å². The summed E-state index contributed by atoms with van der Waals surface area (Å²) < 4.78 is 15.6. The van der Waals surface area contributed by atoms with Gasteiger partial charge in [-0.25, -0.2) is 4.79 Å². The molecule has 0 spiro atoms. The van der Waals surface area contributed by atoms with Crippen LogP contribution in [0.3, 0.4) is 0 Å². The van der Waals surface area contributed by atoms with Gasteiger partial charge in [0.25, 0.3) is 0 Å². The van der Waals surface area contributed by atoms with E-state index in [9.17, 15) is 4.79 Å². The van der Waals surface area contributed by atoms with Crippen molar-refractivity contribution in [3.63, 3.8) is 0 Å². The van der Waals surface area contributed by atoms with Crippen LogP contribution in [0.5, 0.6) is 11.5 Å². The van der Waals surface area contributed by atoms with E-state index in [1.54, 1.807) is 26.2 Å². The van der Waals surface area contributed by atoms with Crippen molar-refractivity contribution in [3.8, 4) is 11.5 Å². The van der Waals surface area contributed by atoms with Crippen molar-refractivity contribution >= 4 is 5.97 Å². The molecule has 0 saturated carbocycles. The summed E-state index contributed by atoms with van der Waals surface area (Å²) in [5, 5.41) is 8.88. The molecule has 1 rings (SSSR count). The third-order valence-corrected chi connectivity index (χ3v) is 2.33. The Morgan fingerprint density at radius 3 is 2.72 bits per heavy atom. The molecule has 0 aromatic heterocycles. The quantitative estimate of drug-likeness (QED) is 0.768. The summed E-state index contributed by atoms with van der Waals surface area (Å²) in [5.74, 6) is 0.383. The molecule has 5 heteroatoms. The number of carboxylic acids is 1. The predicted octanol–water partition coefficient (Wildman–Crippen LogP) is 1.95. The van der Waals surface area contributed by atoms with E-state index < -0.39 is 12.1 Å². The smallest absolute Gasteiger partial charge is 0.332 e. The van der Waals surface area contributed by atoms with Crippen LogP contribution in [0, 0.1) is 0 Å². The lowest BCUT2D eigenvalue weighted by Gasteiger charge is -2.13. The number of hydrogen-bond donors (Lipinski definition) is 1. The molecule has 0 aliphatic rings. The number of rotatable bonds is 8. The van der Waals surface area contributed by atoms with E-state index in [0.29, 0.717) is 24.5 Å². The summed E-state index contributed by atoms with van der Waals surface area (Å²) in [6.45, 7) is 2.42. The Bertz CT molecular complexity index is 377. The van der Waals surface area contributed by atoms with E-state index in [2.05, 4.69) is 0 Å². The summed E-state index contributed by atoms with van der Waals surface area (Å²) >= 11 is 0. The molecule has 1 aromatic carbocycles. The fraction of sp³-hybridized carbons (Fsp3) is 0.462. The van der Waals surface area contributed by atoms with E-state index in [1.807, 2.05) is 12.1 Å². The summed E-state index contributed by atoms with van der Waals surface area (Å²) in [6.07, 6.45) is -0.513. The number of ether oxygens (including phenoxy) is 3. The average Bonchev–Trinajstić information content (AvgIpc) is 2.38.